The van der Waals surface area contributed by atoms with Crippen LogP contribution >= 0.6 is 0 Å². The Kier molecular flexibility index (Phi) is 4.36. The van der Waals surface area contributed by atoms with Gasteiger partial charge in [-0.05, 0) is 12.8 Å². The lowest BCUT2D eigenvalue weighted by molar-refractivity contribution is -0.124. The number of nitrogens with one attached hydrogen (secondary N) is 1. The molecule has 1 fully saturated rings. The summed E-state index contributed by atoms with van der Waals surface area (Å²) in [6.45, 7) is 0.294. The van der Waals surface area contributed by atoms with E-state index in [1.54, 1.807) is 0 Å². The number of carbonyl (C=O) groups excluding carboxylic acids is 2. The van der Waals surface area contributed by atoms with Gasteiger partial charge in [-0.25, -0.2) is 4.79 Å². The summed E-state index contributed by atoms with van der Waals surface area (Å²) in [5.74, 6) is -0.173. The predicted octanol–water partition coefficient (Wildman–Crippen LogP) is -0.674. The molecule has 1 aliphatic heterocycles. The van der Waals surface area contributed by atoms with E-state index in [2.05, 4.69) is 5.32 Å². The zero-order chi connectivity index (χ0) is 11.3. The van der Waals surface area contributed by atoms with E-state index >= 15 is 0 Å². The van der Waals surface area contributed by atoms with Crippen molar-refractivity contribution in [2.24, 2.45) is 0 Å². The van der Waals surface area contributed by atoms with E-state index in [0.29, 0.717) is 13.0 Å². The molecule has 6 heteroatoms. The van der Waals surface area contributed by atoms with Gasteiger partial charge in [-0.1, -0.05) is 0 Å². The topological polar surface area (TPSA) is 78.9 Å². The van der Waals surface area contributed by atoms with Crippen LogP contribution in [0, 0.1) is 0 Å². The third-order valence-corrected chi connectivity index (χ3v) is 2.35. The zero-order valence-corrected chi connectivity index (χ0v) is 8.73. The van der Waals surface area contributed by atoms with Crippen LogP contribution in [0.3, 0.4) is 0 Å². The molecule has 86 valence electrons. The summed E-state index contributed by atoms with van der Waals surface area (Å²) in [5.41, 5.74) is 0. The van der Waals surface area contributed by atoms with Crippen molar-refractivity contribution in [2.75, 3.05) is 26.8 Å². The number of hydrogen-bond donors (Lipinski definition) is 2. The first-order valence-corrected chi connectivity index (χ1v) is 4.96. The predicted molar refractivity (Wildman–Crippen MR) is 52.2 cm³/mol. The van der Waals surface area contributed by atoms with Gasteiger partial charge in [-0.3, -0.25) is 9.69 Å². The molecule has 1 heterocycles. The highest BCUT2D eigenvalue weighted by Gasteiger charge is 2.34. The minimum Gasteiger partial charge on any atom is -0.447 e. The monoisotopic (exact) mass is 216 g/mol. The second-order valence-corrected chi connectivity index (χ2v) is 3.30. The standard InChI is InChI=1S/C9H16N2O4/c1-10-8(13)7-3-2-4-11(7)9(14)15-6-5-12/h7,12H,2-6H2,1H3,(H,10,13). The molecular weight excluding hydrogens is 200 g/mol. The average molecular weight is 216 g/mol. The fraction of sp³-hybridized carbons (Fsp3) is 0.778. The molecule has 0 radical (unpaired) electrons. The fourth-order valence-corrected chi connectivity index (χ4v) is 1.64. The Bertz CT molecular complexity index is 244. The number of rotatable bonds is 3. The van der Waals surface area contributed by atoms with Gasteiger partial charge < -0.3 is 15.2 Å². The number of hydrogen-bond acceptors (Lipinski definition) is 4. The molecule has 0 aromatic carbocycles. The number of aliphatic hydroxyl groups excluding tert-OH is 1. The molecule has 1 unspecified atom stereocenters. The van der Waals surface area contributed by atoms with E-state index in [-0.39, 0.29) is 19.1 Å². The van der Waals surface area contributed by atoms with Gasteiger partial charge in [0.15, 0.2) is 0 Å². The fourth-order valence-electron chi connectivity index (χ4n) is 1.64. The van der Waals surface area contributed by atoms with Crippen molar-refractivity contribution in [3.63, 3.8) is 0 Å². The third kappa shape index (κ3) is 2.82. The molecule has 1 saturated heterocycles. The van der Waals surface area contributed by atoms with Gasteiger partial charge in [0.2, 0.25) is 5.91 Å². The zero-order valence-electron chi connectivity index (χ0n) is 8.73. The van der Waals surface area contributed by atoms with Crippen LogP contribution in [-0.4, -0.2) is 54.9 Å². The molecular formula is C9H16N2O4. The number of ether oxygens (including phenoxy) is 1. The molecule has 0 aliphatic carbocycles. The SMILES string of the molecule is CNC(=O)C1CCCN1C(=O)OCCO. The molecule has 2 N–H and O–H groups in total. The molecule has 0 bridgehead atoms. The smallest absolute Gasteiger partial charge is 0.410 e. The van der Waals surface area contributed by atoms with Crippen LogP contribution in [0.15, 0.2) is 0 Å². The van der Waals surface area contributed by atoms with Gasteiger partial charge in [0.05, 0.1) is 6.61 Å². The number of carbonyl (C=O) groups is 2. The number of likely N-dealkylation sites (tertiary alicyclic amines) is 1. The minimum absolute atomic E-state index is 0.0319. The van der Waals surface area contributed by atoms with E-state index in [0.717, 1.165) is 6.42 Å². The van der Waals surface area contributed by atoms with Gasteiger partial charge in [0.25, 0.3) is 0 Å². The summed E-state index contributed by atoms with van der Waals surface area (Å²) in [6, 6.07) is -0.429. The Morgan fingerprint density at radius 3 is 2.93 bits per heavy atom. The van der Waals surface area contributed by atoms with Crippen LogP contribution in [0.4, 0.5) is 4.79 Å². The molecule has 0 spiro atoms. The van der Waals surface area contributed by atoms with Crippen LogP contribution in [0.1, 0.15) is 12.8 Å². The summed E-state index contributed by atoms with van der Waals surface area (Å²) in [7, 11) is 1.54. The lowest BCUT2D eigenvalue weighted by Gasteiger charge is -2.22. The first-order valence-electron chi connectivity index (χ1n) is 4.96. The van der Waals surface area contributed by atoms with E-state index in [9.17, 15) is 9.59 Å². The van der Waals surface area contributed by atoms with Crippen LogP contribution in [0.5, 0.6) is 0 Å². The van der Waals surface area contributed by atoms with Crippen molar-refractivity contribution in [1.29, 1.82) is 0 Å². The summed E-state index contributed by atoms with van der Waals surface area (Å²) in [6.07, 6.45) is 0.926. The number of likely N-dealkylation sites (N-methyl/N-ethyl adjacent to an activating group) is 1. The quantitative estimate of drug-likeness (QED) is 0.655. The van der Waals surface area contributed by atoms with E-state index in [1.807, 2.05) is 0 Å². The van der Waals surface area contributed by atoms with Gasteiger partial charge in [0, 0.05) is 13.6 Å². The Morgan fingerprint density at radius 2 is 2.33 bits per heavy atom. The van der Waals surface area contributed by atoms with Crippen LogP contribution in [0.2, 0.25) is 0 Å². The highest BCUT2D eigenvalue weighted by atomic mass is 16.6. The molecule has 15 heavy (non-hydrogen) atoms. The highest BCUT2D eigenvalue weighted by molar-refractivity contribution is 5.85. The van der Waals surface area contributed by atoms with Crippen LogP contribution in [0.25, 0.3) is 0 Å². The van der Waals surface area contributed by atoms with E-state index < -0.39 is 12.1 Å². The maximum atomic E-state index is 11.4. The Morgan fingerprint density at radius 1 is 1.60 bits per heavy atom. The van der Waals surface area contributed by atoms with Crippen molar-refractivity contribution in [2.45, 2.75) is 18.9 Å². The molecule has 1 aliphatic rings. The lowest BCUT2D eigenvalue weighted by Crippen LogP contribution is -2.45. The molecule has 6 nitrogen and oxygen atoms in total. The first-order chi connectivity index (χ1) is 7.20. The van der Waals surface area contributed by atoms with Crippen molar-refractivity contribution >= 4 is 12.0 Å². The number of amides is 2. The lowest BCUT2D eigenvalue weighted by atomic mass is 10.2. The molecule has 0 saturated carbocycles. The van der Waals surface area contributed by atoms with Crippen molar-refractivity contribution < 1.29 is 19.4 Å². The van der Waals surface area contributed by atoms with E-state index in [1.165, 1.54) is 11.9 Å². The summed E-state index contributed by atoms with van der Waals surface area (Å²) in [5, 5.41) is 11.0. The van der Waals surface area contributed by atoms with Crippen molar-refractivity contribution in [3.8, 4) is 0 Å². The Balaban J connectivity index is 2.52. The second kappa shape index (κ2) is 5.55. The second-order valence-electron chi connectivity index (χ2n) is 3.30. The van der Waals surface area contributed by atoms with E-state index in [4.69, 9.17) is 9.84 Å². The average Bonchev–Trinajstić information content (AvgIpc) is 2.73. The Labute approximate surface area is 88.2 Å². The summed E-state index contributed by atoms with van der Waals surface area (Å²) >= 11 is 0. The number of nitrogens with zero attached hydrogens (tertiary/aromatic N) is 1. The van der Waals surface area contributed by atoms with Gasteiger partial charge in [-0.15, -0.1) is 0 Å². The van der Waals surface area contributed by atoms with Gasteiger partial charge in [-0.2, -0.15) is 0 Å². The maximum absolute atomic E-state index is 11.4. The highest BCUT2D eigenvalue weighted by Crippen LogP contribution is 2.18. The normalized spacial score (nSPS) is 20.1. The van der Waals surface area contributed by atoms with Crippen molar-refractivity contribution in [1.82, 2.24) is 10.2 Å². The maximum Gasteiger partial charge on any atom is 0.410 e. The molecule has 1 atom stereocenters. The minimum atomic E-state index is -0.532. The molecule has 2 amide bonds. The summed E-state index contributed by atoms with van der Waals surface area (Å²) in [4.78, 5) is 24.2. The van der Waals surface area contributed by atoms with Gasteiger partial charge in [0.1, 0.15) is 12.6 Å². The summed E-state index contributed by atoms with van der Waals surface area (Å²) < 4.78 is 4.76. The Hall–Kier alpha value is -1.30. The largest absolute Gasteiger partial charge is 0.447 e. The molecule has 0 aromatic rings. The molecule has 1 rings (SSSR count). The van der Waals surface area contributed by atoms with Crippen LogP contribution in [-0.2, 0) is 9.53 Å². The molecule has 0 aromatic heterocycles. The number of aliphatic hydroxyl groups is 1. The van der Waals surface area contributed by atoms with Gasteiger partial charge >= 0.3 is 6.09 Å². The van der Waals surface area contributed by atoms with Crippen molar-refractivity contribution in [3.05, 3.63) is 0 Å². The van der Waals surface area contributed by atoms with Crippen LogP contribution < -0.4 is 5.32 Å². The third-order valence-electron chi connectivity index (χ3n) is 2.35. The first kappa shape index (κ1) is 11.8.